The predicted molar refractivity (Wildman–Crippen MR) is 132 cm³/mol. The molecule has 2 atom stereocenters. The molecule has 1 aliphatic heterocycles. The Morgan fingerprint density at radius 3 is 1.88 bits per heavy atom. The summed E-state index contributed by atoms with van der Waals surface area (Å²) in [5.74, 6) is -0.444. The zero-order valence-corrected chi connectivity index (χ0v) is 20.8. The molecule has 1 saturated heterocycles. The average molecular weight is 474 g/mol. The van der Waals surface area contributed by atoms with Crippen LogP contribution in [-0.2, 0) is 25.2 Å². The largest absolute Gasteiger partial charge is 0.446 e. The molecule has 1 aliphatic carbocycles. The first-order valence-corrected chi connectivity index (χ1v) is 12.9. The van der Waals surface area contributed by atoms with Crippen LogP contribution in [0.15, 0.2) is 87.5 Å². The van der Waals surface area contributed by atoms with Gasteiger partial charge in [-0.15, -0.1) is 0 Å². The Morgan fingerprint density at radius 2 is 1.44 bits per heavy atom. The molecule has 34 heavy (non-hydrogen) atoms. The Kier molecular flexibility index (Phi) is 5.56. The third-order valence-electron chi connectivity index (χ3n) is 7.41. The molecule has 5 rings (SSSR count). The second-order valence-electron chi connectivity index (χ2n) is 9.77. The summed E-state index contributed by atoms with van der Waals surface area (Å²) in [6.45, 7) is 7.81. The fourth-order valence-electron chi connectivity index (χ4n) is 5.44. The molecule has 0 aromatic heterocycles. The van der Waals surface area contributed by atoms with E-state index in [1.165, 1.54) is 14.7 Å². The molecule has 5 heteroatoms. The molecule has 174 valence electrons. The number of carbonyl (C=O) groups excluding carboxylic acids is 2. The molecule has 2 bridgehead atoms. The minimum absolute atomic E-state index is 0.247. The first kappa shape index (κ1) is 22.7. The summed E-state index contributed by atoms with van der Waals surface area (Å²) in [4.78, 5) is 29.4. The highest BCUT2D eigenvalue weighted by molar-refractivity contribution is 7.97. The Morgan fingerprint density at radius 1 is 0.912 bits per heavy atom. The van der Waals surface area contributed by atoms with Gasteiger partial charge < -0.3 is 9.47 Å². The Bertz CT molecular complexity index is 1190. The maximum Gasteiger partial charge on any atom is 0.356 e. The molecule has 0 spiro atoms. The fraction of sp³-hybridized carbons (Fsp3) is 0.310. The molecular weight excluding hydrogens is 444 g/mol. The normalized spacial score (nSPS) is 22.6. The number of hydrogen-bond donors (Lipinski definition) is 0. The Balaban J connectivity index is 1.51. The lowest BCUT2D eigenvalue weighted by Gasteiger charge is -2.32. The van der Waals surface area contributed by atoms with Crippen molar-refractivity contribution in [2.24, 2.45) is 11.3 Å². The van der Waals surface area contributed by atoms with Crippen LogP contribution >= 0.6 is 0 Å². The lowest BCUT2D eigenvalue weighted by Crippen LogP contribution is -2.49. The maximum absolute atomic E-state index is 13.4. The number of aryl methyl sites for hydroxylation is 2. The minimum atomic E-state index is -1.20. The van der Waals surface area contributed by atoms with Crippen LogP contribution in [0, 0.1) is 25.2 Å². The molecule has 0 radical (unpaired) electrons. The molecular formula is C29H29O4S+. The van der Waals surface area contributed by atoms with E-state index in [4.69, 9.17) is 9.47 Å². The standard InChI is InChI=1S/C29H29O4S/c1-19-17-23(34(21-11-7-5-8-12-21)22-13-9-6-10-14-22)18-20(2)25(19)32-27(31)29-16-15-24(26(30)33-29)28(29,3)4/h5-14,17-18,24H,15-16H2,1-4H3/q+1. The second kappa shape index (κ2) is 8.31. The SMILES string of the molecule is Cc1cc([S+](c2ccccc2)c2ccccc2)cc(C)c1OC(=O)C12CCC(C(=O)O1)C2(C)C. The van der Waals surface area contributed by atoms with E-state index in [1.54, 1.807) is 0 Å². The molecule has 3 aromatic rings. The van der Waals surface area contributed by atoms with Gasteiger partial charge in [-0.25, -0.2) is 4.79 Å². The van der Waals surface area contributed by atoms with E-state index in [0.29, 0.717) is 18.6 Å². The van der Waals surface area contributed by atoms with Crippen molar-refractivity contribution in [1.29, 1.82) is 0 Å². The highest BCUT2D eigenvalue weighted by Crippen LogP contribution is 2.58. The average Bonchev–Trinajstić information content (AvgIpc) is 3.19. The number of fused-ring (bicyclic) bond motifs is 2. The summed E-state index contributed by atoms with van der Waals surface area (Å²) in [7, 11) is -0.288. The zero-order valence-electron chi connectivity index (χ0n) is 20.0. The minimum Gasteiger partial charge on any atom is -0.446 e. The Labute approximate surface area is 203 Å². The van der Waals surface area contributed by atoms with E-state index in [1.807, 2.05) is 39.8 Å². The van der Waals surface area contributed by atoms with Gasteiger partial charge in [-0.1, -0.05) is 50.2 Å². The van der Waals surface area contributed by atoms with Gasteiger partial charge >= 0.3 is 11.9 Å². The van der Waals surface area contributed by atoms with Gasteiger partial charge in [0.25, 0.3) is 0 Å². The van der Waals surface area contributed by atoms with E-state index in [2.05, 4.69) is 60.7 Å². The van der Waals surface area contributed by atoms with Crippen LogP contribution in [0.2, 0.25) is 0 Å². The van der Waals surface area contributed by atoms with Crippen molar-refractivity contribution >= 4 is 22.8 Å². The van der Waals surface area contributed by atoms with Gasteiger partial charge in [0.05, 0.1) is 16.8 Å². The topological polar surface area (TPSA) is 52.6 Å². The lowest BCUT2D eigenvalue weighted by molar-refractivity contribution is -0.175. The summed E-state index contributed by atoms with van der Waals surface area (Å²) in [6.07, 6.45) is 1.17. The number of carbonyl (C=O) groups is 2. The highest BCUT2D eigenvalue weighted by atomic mass is 32.2. The first-order chi connectivity index (χ1) is 16.2. The molecule has 0 amide bonds. The highest BCUT2D eigenvalue weighted by Gasteiger charge is 2.70. The third-order valence-corrected chi connectivity index (χ3v) is 9.60. The summed E-state index contributed by atoms with van der Waals surface area (Å²) in [5, 5.41) is 0. The van der Waals surface area contributed by atoms with Gasteiger partial charge in [-0.2, -0.15) is 0 Å². The molecule has 4 nitrogen and oxygen atoms in total. The molecule has 3 aromatic carbocycles. The molecule has 2 aliphatic rings. The smallest absolute Gasteiger partial charge is 0.356 e. The summed E-state index contributed by atoms with van der Waals surface area (Å²) in [6, 6.07) is 25.1. The first-order valence-electron chi connectivity index (χ1n) is 11.7. The maximum atomic E-state index is 13.4. The van der Waals surface area contributed by atoms with E-state index >= 15 is 0 Å². The van der Waals surface area contributed by atoms with Gasteiger partial charge in [0, 0.05) is 17.5 Å². The Hall–Kier alpha value is -3.05. The van der Waals surface area contributed by atoms with Crippen molar-refractivity contribution in [3.8, 4) is 5.75 Å². The van der Waals surface area contributed by atoms with Crippen molar-refractivity contribution in [2.75, 3.05) is 0 Å². The van der Waals surface area contributed by atoms with Crippen LogP contribution < -0.4 is 4.74 Å². The summed E-state index contributed by atoms with van der Waals surface area (Å²) in [5.41, 5.74) is 0.00213. The van der Waals surface area contributed by atoms with Gasteiger partial charge in [0.1, 0.15) is 5.75 Å². The molecule has 2 fully saturated rings. The van der Waals surface area contributed by atoms with Crippen LogP contribution in [0.4, 0.5) is 0 Å². The summed E-state index contributed by atoms with van der Waals surface area (Å²) >= 11 is 0. The van der Waals surface area contributed by atoms with Gasteiger partial charge in [0.2, 0.25) is 5.60 Å². The van der Waals surface area contributed by atoms with Gasteiger partial charge in [0.15, 0.2) is 14.7 Å². The third kappa shape index (κ3) is 3.45. The molecule has 1 saturated carbocycles. The van der Waals surface area contributed by atoms with Crippen LogP contribution in [0.5, 0.6) is 5.75 Å². The van der Waals surface area contributed by atoms with Crippen LogP contribution in [0.3, 0.4) is 0 Å². The van der Waals surface area contributed by atoms with E-state index in [9.17, 15) is 9.59 Å². The van der Waals surface area contributed by atoms with E-state index < -0.39 is 17.0 Å². The quantitative estimate of drug-likeness (QED) is 0.258. The van der Waals surface area contributed by atoms with Crippen molar-refractivity contribution in [2.45, 2.75) is 60.8 Å². The van der Waals surface area contributed by atoms with Crippen molar-refractivity contribution in [3.05, 3.63) is 83.9 Å². The van der Waals surface area contributed by atoms with E-state index in [-0.39, 0.29) is 22.8 Å². The monoisotopic (exact) mass is 473 g/mol. The number of benzene rings is 3. The number of rotatable bonds is 5. The lowest BCUT2D eigenvalue weighted by atomic mass is 9.75. The molecule has 1 heterocycles. The number of ether oxygens (including phenoxy) is 2. The molecule has 2 unspecified atom stereocenters. The van der Waals surface area contributed by atoms with Gasteiger partial charge in [-0.3, -0.25) is 4.79 Å². The summed E-state index contributed by atoms with van der Waals surface area (Å²) < 4.78 is 11.6. The molecule has 0 N–H and O–H groups in total. The number of esters is 2. The van der Waals surface area contributed by atoms with E-state index in [0.717, 1.165) is 11.1 Å². The zero-order chi connectivity index (χ0) is 24.1. The fourth-order valence-corrected chi connectivity index (χ4v) is 7.71. The second-order valence-corrected chi connectivity index (χ2v) is 11.8. The van der Waals surface area contributed by atoms with Crippen molar-refractivity contribution < 1.29 is 19.1 Å². The van der Waals surface area contributed by atoms with Crippen LogP contribution in [-0.4, -0.2) is 17.5 Å². The van der Waals surface area contributed by atoms with Crippen LogP contribution in [0.1, 0.15) is 37.8 Å². The van der Waals surface area contributed by atoms with Crippen molar-refractivity contribution in [3.63, 3.8) is 0 Å². The van der Waals surface area contributed by atoms with Crippen LogP contribution in [0.25, 0.3) is 0 Å². The number of hydrogen-bond acceptors (Lipinski definition) is 4. The van der Waals surface area contributed by atoms with Gasteiger partial charge in [-0.05, 0) is 62.1 Å². The predicted octanol–water partition coefficient (Wildman–Crippen LogP) is 6.04. The van der Waals surface area contributed by atoms with Crippen molar-refractivity contribution in [1.82, 2.24) is 0 Å².